The van der Waals surface area contributed by atoms with E-state index < -0.39 is 0 Å². The van der Waals surface area contributed by atoms with E-state index in [0.29, 0.717) is 0 Å². The average molecular weight is 330 g/mol. The molecule has 126 valence electrons. The molecule has 0 bridgehead atoms. The lowest BCUT2D eigenvalue weighted by Gasteiger charge is -2.21. The van der Waals surface area contributed by atoms with Crippen molar-refractivity contribution in [2.75, 3.05) is 0 Å². The summed E-state index contributed by atoms with van der Waals surface area (Å²) in [5, 5.41) is 0.850. The Hall–Kier alpha value is -1.41. The second-order valence-corrected chi connectivity index (χ2v) is 8.02. The van der Waals surface area contributed by atoms with Gasteiger partial charge in [-0.15, -0.1) is 0 Å². The van der Waals surface area contributed by atoms with Gasteiger partial charge in [-0.3, -0.25) is 0 Å². The molecule has 0 aliphatic rings. The zero-order valence-corrected chi connectivity index (χ0v) is 16.3. The molecule has 2 N–H and O–H groups in total. The van der Waals surface area contributed by atoms with E-state index in [2.05, 4.69) is 78.5 Å². The van der Waals surface area contributed by atoms with Gasteiger partial charge in [-0.25, -0.2) is 0 Å². The largest absolute Gasteiger partial charge is 0.393 e. The summed E-state index contributed by atoms with van der Waals surface area (Å²) in [6.45, 7) is 17.1. The minimum atomic E-state index is 0.116. The minimum Gasteiger partial charge on any atom is -0.393 e. The topological polar surface area (TPSA) is 26.0 Å². The van der Waals surface area contributed by atoms with Gasteiger partial charge in [0.25, 0.3) is 0 Å². The second-order valence-electron chi connectivity index (χ2n) is 6.80. The second kappa shape index (κ2) is 8.44. The smallest absolute Gasteiger partial charge is 0.0736 e. The van der Waals surface area contributed by atoms with Crippen LogP contribution in [0, 0.1) is 12.3 Å². The molecule has 0 atom stereocenters. The van der Waals surface area contributed by atoms with Crippen molar-refractivity contribution in [2.24, 2.45) is 11.1 Å². The zero-order chi connectivity index (χ0) is 17.6. The van der Waals surface area contributed by atoms with Gasteiger partial charge in [-0.1, -0.05) is 69.5 Å². The van der Waals surface area contributed by atoms with Crippen molar-refractivity contribution in [2.45, 2.75) is 54.4 Å². The van der Waals surface area contributed by atoms with E-state index in [-0.39, 0.29) is 5.41 Å². The lowest BCUT2D eigenvalue weighted by Crippen LogP contribution is -2.08. The highest BCUT2D eigenvalue weighted by Crippen LogP contribution is 2.36. The van der Waals surface area contributed by atoms with Crippen LogP contribution in [0.15, 0.2) is 46.9 Å². The van der Waals surface area contributed by atoms with E-state index in [4.69, 9.17) is 5.73 Å². The van der Waals surface area contributed by atoms with Crippen molar-refractivity contribution in [3.8, 4) is 0 Å². The number of benzene rings is 1. The molecule has 1 aromatic carbocycles. The average Bonchev–Trinajstić information content (AvgIpc) is 2.46. The van der Waals surface area contributed by atoms with Crippen LogP contribution in [-0.2, 0) is 6.42 Å². The standard InChI is InChI=1S/C21H31NS/c1-8-12-21(6,7)14-16(4)23-20(22)17(5)19-13-18(9-2)11-10-15(19)3/h8,10-13H,4,9,14,22H2,1-3,5-7H3/b12-8-,20-17+. The summed E-state index contributed by atoms with van der Waals surface area (Å²) in [7, 11) is 0. The Balaban J connectivity index is 2.96. The van der Waals surface area contributed by atoms with Crippen LogP contribution >= 0.6 is 11.8 Å². The molecular formula is C21H31NS. The molecule has 2 heteroatoms. The van der Waals surface area contributed by atoms with Gasteiger partial charge in [0.05, 0.1) is 5.03 Å². The highest BCUT2D eigenvalue weighted by Gasteiger charge is 2.16. The summed E-state index contributed by atoms with van der Waals surface area (Å²) in [6, 6.07) is 6.62. The van der Waals surface area contributed by atoms with Gasteiger partial charge < -0.3 is 5.73 Å². The van der Waals surface area contributed by atoms with Gasteiger partial charge >= 0.3 is 0 Å². The van der Waals surface area contributed by atoms with Crippen molar-refractivity contribution >= 4 is 17.3 Å². The maximum Gasteiger partial charge on any atom is 0.0736 e. The van der Waals surface area contributed by atoms with Crippen LogP contribution < -0.4 is 5.73 Å². The molecule has 23 heavy (non-hydrogen) atoms. The van der Waals surface area contributed by atoms with Gasteiger partial charge in [-0.05, 0) is 66.2 Å². The van der Waals surface area contributed by atoms with Crippen molar-refractivity contribution < 1.29 is 0 Å². The molecule has 0 fully saturated rings. The minimum absolute atomic E-state index is 0.116. The first kappa shape index (κ1) is 19.6. The zero-order valence-electron chi connectivity index (χ0n) is 15.5. The van der Waals surface area contributed by atoms with Gasteiger partial charge in [0.2, 0.25) is 0 Å². The molecule has 0 aromatic heterocycles. The normalized spacial score (nSPS) is 13.3. The van der Waals surface area contributed by atoms with Crippen LogP contribution in [-0.4, -0.2) is 0 Å². The fourth-order valence-corrected chi connectivity index (χ4v) is 3.73. The Kier molecular flexibility index (Phi) is 7.21. The highest BCUT2D eigenvalue weighted by atomic mass is 32.2. The van der Waals surface area contributed by atoms with Gasteiger partial charge in [0, 0.05) is 0 Å². The molecule has 0 heterocycles. The van der Waals surface area contributed by atoms with E-state index in [9.17, 15) is 0 Å². The molecule has 0 amide bonds. The third kappa shape index (κ3) is 5.95. The molecular weight excluding hydrogens is 298 g/mol. The molecule has 1 rings (SSSR count). The lowest BCUT2D eigenvalue weighted by molar-refractivity contribution is 0.485. The molecule has 1 nitrogen and oxygen atoms in total. The summed E-state index contributed by atoms with van der Waals surface area (Å²) >= 11 is 1.61. The SMILES string of the molecule is C=C(CC(C)(C)/C=C\C)S/C(N)=C(\C)c1cc(CC)ccc1C. The van der Waals surface area contributed by atoms with Crippen molar-refractivity contribution in [1.29, 1.82) is 0 Å². The van der Waals surface area contributed by atoms with Crippen LogP contribution in [0.5, 0.6) is 0 Å². The first-order valence-electron chi connectivity index (χ1n) is 8.26. The summed E-state index contributed by atoms with van der Waals surface area (Å²) in [5.41, 5.74) is 11.5. The first-order valence-corrected chi connectivity index (χ1v) is 9.07. The van der Waals surface area contributed by atoms with Crippen LogP contribution in [0.3, 0.4) is 0 Å². The van der Waals surface area contributed by atoms with Gasteiger partial charge in [0.15, 0.2) is 0 Å². The monoisotopic (exact) mass is 329 g/mol. The number of nitrogens with two attached hydrogens (primary N) is 1. The molecule has 0 unspecified atom stereocenters. The Morgan fingerprint density at radius 3 is 2.57 bits per heavy atom. The predicted molar refractivity (Wildman–Crippen MR) is 107 cm³/mol. The summed E-state index contributed by atoms with van der Waals surface area (Å²) in [4.78, 5) is 1.11. The molecule has 0 spiro atoms. The molecule has 0 radical (unpaired) electrons. The Bertz CT molecular complexity index is 621. The van der Waals surface area contributed by atoms with E-state index >= 15 is 0 Å². The maximum atomic E-state index is 6.37. The number of allylic oxidation sites excluding steroid dienone is 4. The summed E-state index contributed by atoms with van der Waals surface area (Å²) in [6.07, 6.45) is 6.28. The lowest BCUT2D eigenvalue weighted by atomic mass is 9.89. The fraction of sp³-hybridized carbons (Fsp3) is 0.429. The highest BCUT2D eigenvalue weighted by molar-refractivity contribution is 8.06. The van der Waals surface area contributed by atoms with Crippen molar-refractivity contribution in [1.82, 2.24) is 0 Å². The first-order chi connectivity index (χ1) is 10.7. The summed E-state index contributed by atoms with van der Waals surface area (Å²) < 4.78 is 0. The molecule has 0 saturated heterocycles. The van der Waals surface area contributed by atoms with Crippen LogP contribution in [0.2, 0.25) is 0 Å². The maximum absolute atomic E-state index is 6.37. The number of aryl methyl sites for hydroxylation is 2. The molecule has 1 aromatic rings. The van der Waals surface area contributed by atoms with Gasteiger partial charge in [0.1, 0.15) is 0 Å². The van der Waals surface area contributed by atoms with Gasteiger partial charge in [-0.2, -0.15) is 0 Å². The third-order valence-corrected chi connectivity index (χ3v) is 4.97. The summed E-state index contributed by atoms with van der Waals surface area (Å²) in [5.74, 6) is 0. The Labute approximate surface area is 146 Å². The molecule has 0 aliphatic carbocycles. The number of hydrogen-bond acceptors (Lipinski definition) is 2. The number of rotatable bonds is 7. The fourth-order valence-electron chi connectivity index (χ4n) is 2.71. The van der Waals surface area contributed by atoms with Crippen molar-refractivity contribution in [3.05, 3.63) is 63.6 Å². The molecule has 0 saturated carbocycles. The number of thioether (sulfide) groups is 1. The Morgan fingerprint density at radius 2 is 2.00 bits per heavy atom. The predicted octanol–water partition coefficient (Wildman–Crippen LogP) is 6.44. The van der Waals surface area contributed by atoms with Crippen LogP contribution in [0.4, 0.5) is 0 Å². The van der Waals surface area contributed by atoms with Crippen molar-refractivity contribution in [3.63, 3.8) is 0 Å². The Morgan fingerprint density at radius 1 is 1.35 bits per heavy atom. The van der Waals surface area contributed by atoms with Crippen LogP contribution in [0.1, 0.15) is 57.7 Å². The van der Waals surface area contributed by atoms with E-state index in [1.807, 2.05) is 0 Å². The van der Waals surface area contributed by atoms with E-state index in [1.54, 1.807) is 11.8 Å². The molecule has 0 aliphatic heterocycles. The van der Waals surface area contributed by atoms with E-state index in [1.165, 1.54) is 16.7 Å². The quantitative estimate of drug-likeness (QED) is 0.582. The third-order valence-electron chi connectivity index (χ3n) is 4.01. The van der Waals surface area contributed by atoms with Crippen LogP contribution in [0.25, 0.3) is 5.57 Å². The van der Waals surface area contributed by atoms with E-state index in [0.717, 1.165) is 28.3 Å². The number of hydrogen-bond donors (Lipinski definition) is 1.